The third-order valence-corrected chi connectivity index (χ3v) is 4.43. The Morgan fingerprint density at radius 1 is 1.04 bits per heavy atom. The van der Waals surface area contributed by atoms with Gasteiger partial charge in [-0.2, -0.15) is 0 Å². The lowest BCUT2D eigenvalue weighted by atomic mass is 9.95. The molecule has 0 saturated heterocycles. The van der Waals surface area contributed by atoms with Crippen LogP contribution in [0.4, 0.5) is 15.9 Å². The Morgan fingerprint density at radius 3 is 2.75 bits per heavy atom. The number of nitrogens with one attached hydrogen (secondary N) is 1. The van der Waals surface area contributed by atoms with Crippen molar-refractivity contribution < 1.29 is 9.13 Å². The maximum atomic E-state index is 13.3. The van der Waals surface area contributed by atoms with Crippen LogP contribution in [0.5, 0.6) is 5.75 Å². The molecule has 1 N–H and O–H groups in total. The standard InChI is InChI=1S/C21H14BClFN3O/c22-14-4-6-19-17(9-14)21(26-12-25-19)27-16-5-7-20(18(23)10-16)28-11-13-2-1-3-15(24)8-13/h1-10,12H,11H2,(H,25,26,27). The van der Waals surface area contributed by atoms with Gasteiger partial charge in [-0.15, -0.1) is 0 Å². The van der Waals surface area contributed by atoms with Crippen LogP contribution < -0.4 is 15.5 Å². The Kier molecular flexibility index (Phi) is 5.13. The summed E-state index contributed by atoms with van der Waals surface area (Å²) in [6, 6.07) is 17.0. The van der Waals surface area contributed by atoms with Gasteiger partial charge >= 0.3 is 0 Å². The summed E-state index contributed by atoms with van der Waals surface area (Å²) in [6.07, 6.45) is 1.49. The highest BCUT2D eigenvalue weighted by Crippen LogP contribution is 2.30. The molecule has 2 radical (unpaired) electrons. The van der Waals surface area contributed by atoms with Crippen LogP contribution in [-0.4, -0.2) is 17.8 Å². The Balaban J connectivity index is 1.53. The lowest BCUT2D eigenvalue weighted by Gasteiger charge is -2.12. The van der Waals surface area contributed by atoms with E-state index in [9.17, 15) is 4.39 Å². The smallest absolute Gasteiger partial charge is 0.141 e. The summed E-state index contributed by atoms with van der Waals surface area (Å²) in [7, 11) is 5.88. The molecule has 0 aliphatic heterocycles. The number of nitrogens with zero attached hydrogens (tertiary/aromatic N) is 2. The highest BCUT2D eigenvalue weighted by atomic mass is 35.5. The van der Waals surface area contributed by atoms with Crippen molar-refractivity contribution in [2.75, 3.05) is 5.32 Å². The van der Waals surface area contributed by atoms with E-state index >= 15 is 0 Å². The zero-order valence-corrected chi connectivity index (χ0v) is 15.4. The van der Waals surface area contributed by atoms with E-state index in [0.717, 1.165) is 22.2 Å². The molecule has 4 aromatic rings. The molecular formula is C21H14BClFN3O. The number of fused-ring (bicyclic) bond motifs is 1. The monoisotopic (exact) mass is 389 g/mol. The molecule has 0 aliphatic carbocycles. The topological polar surface area (TPSA) is 47.0 Å². The number of rotatable bonds is 5. The molecule has 0 spiro atoms. The van der Waals surface area contributed by atoms with E-state index < -0.39 is 0 Å². The molecule has 3 aromatic carbocycles. The predicted molar refractivity (Wildman–Crippen MR) is 110 cm³/mol. The second-order valence-corrected chi connectivity index (χ2v) is 6.59. The molecule has 4 nitrogen and oxygen atoms in total. The minimum atomic E-state index is -0.301. The van der Waals surface area contributed by atoms with Crippen molar-refractivity contribution in [1.29, 1.82) is 0 Å². The summed E-state index contributed by atoms with van der Waals surface area (Å²) >= 11 is 6.34. The van der Waals surface area contributed by atoms with E-state index in [0.29, 0.717) is 22.1 Å². The summed E-state index contributed by atoms with van der Waals surface area (Å²) in [5, 5.41) is 4.47. The Labute approximate surface area is 167 Å². The number of aromatic nitrogens is 2. The molecule has 136 valence electrons. The largest absolute Gasteiger partial charge is 0.487 e. The van der Waals surface area contributed by atoms with Gasteiger partial charge in [-0.3, -0.25) is 0 Å². The van der Waals surface area contributed by atoms with Crippen LogP contribution in [0.25, 0.3) is 10.9 Å². The van der Waals surface area contributed by atoms with Gasteiger partial charge in [0.2, 0.25) is 0 Å². The third-order valence-electron chi connectivity index (χ3n) is 4.14. The third kappa shape index (κ3) is 4.07. The van der Waals surface area contributed by atoms with Crippen molar-refractivity contribution in [1.82, 2.24) is 9.97 Å². The molecule has 4 rings (SSSR count). The molecule has 0 bridgehead atoms. The maximum Gasteiger partial charge on any atom is 0.141 e. The zero-order valence-electron chi connectivity index (χ0n) is 14.7. The van der Waals surface area contributed by atoms with Crippen LogP contribution in [0.15, 0.2) is 67.0 Å². The molecule has 0 atom stereocenters. The van der Waals surface area contributed by atoms with Crippen molar-refractivity contribution in [2.45, 2.75) is 6.61 Å². The number of ether oxygens (including phenoxy) is 1. The molecule has 0 saturated carbocycles. The zero-order chi connectivity index (χ0) is 19.5. The van der Waals surface area contributed by atoms with Gasteiger partial charge in [0.1, 0.15) is 38.2 Å². The van der Waals surface area contributed by atoms with Crippen molar-refractivity contribution in [3.8, 4) is 5.75 Å². The van der Waals surface area contributed by atoms with Crippen LogP contribution in [0.1, 0.15) is 5.56 Å². The summed E-state index contributed by atoms with van der Waals surface area (Å²) in [6.45, 7) is 0.222. The molecule has 0 unspecified atom stereocenters. The molecule has 0 fully saturated rings. The van der Waals surface area contributed by atoms with Crippen LogP contribution in [-0.2, 0) is 6.61 Å². The summed E-state index contributed by atoms with van der Waals surface area (Å²) < 4.78 is 19.0. The molecule has 0 amide bonds. The maximum absolute atomic E-state index is 13.3. The highest BCUT2D eigenvalue weighted by molar-refractivity contribution is 6.33. The first-order valence-electron chi connectivity index (χ1n) is 8.52. The number of benzene rings is 3. The fourth-order valence-corrected chi connectivity index (χ4v) is 3.03. The van der Waals surface area contributed by atoms with Crippen LogP contribution in [0.2, 0.25) is 5.02 Å². The lowest BCUT2D eigenvalue weighted by molar-refractivity contribution is 0.306. The van der Waals surface area contributed by atoms with Crippen LogP contribution >= 0.6 is 11.6 Å². The van der Waals surface area contributed by atoms with Gasteiger partial charge in [0.15, 0.2) is 0 Å². The van der Waals surface area contributed by atoms with Gasteiger partial charge < -0.3 is 10.1 Å². The molecule has 28 heavy (non-hydrogen) atoms. The van der Waals surface area contributed by atoms with E-state index in [1.165, 1.54) is 18.5 Å². The number of halogens is 2. The molecule has 7 heteroatoms. The predicted octanol–water partition coefficient (Wildman–Crippen LogP) is 4.54. The molecular weight excluding hydrogens is 376 g/mol. The van der Waals surface area contributed by atoms with E-state index in [4.69, 9.17) is 24.2 Å². The highest BCUT2D eigenvalue weighted by Gasteiger charge is 2.08. The van der Waals surface area contributed by atoms with E-state index in [1.54, 1.807) is 30.3 Å². The van der Waals surface area contributed by atoms with Gasteiger partial charge in [-0.1, -0.05) is 41.3 Å². The molecule has 1 heterocycles. The fourth-order valence-electron chi connectivity index (χ4n) is 2.79. The fraction of sp³-hybridized carbons (Fsp3) is 0.0476. The SMILES string of the molecule is [B]c1ccc2ncnc(Nc3ccc(OCc4cccc(F)c4)c(Cl)c3)c2c1. The first-order valence-corrected chi connectivity index (χ1v) is 8.90. The average Bonchev–Trinajstić information content (AvgIpc) is 2.68. The normalized spacial score (nSPS) is 10.8. The summed E-state index contributed by atoms with van der Waals surface area (Å²) in [4.78, 5) is 8.53. The van der Waals surface area contributed by atoms with Gasteiger partial charge in [-0.05, 0) is 42.0 Å². The minimum Gasteiger partial charge on any atom is -0.487 e. The summed E-state index contributed by atoms with van der Waals surface area (Å²) in [5.74, 6) is 0.833. The average molecular weight is 390 g/mol. The van der Waals surface area contributed by atoms with Crippen molar-refractivity contribution in [3.05, 3.63) is 83.4 Å². The minimum absolute atomic E-state index is 0.222. The van der Waals surface area contributed by atoms with E-state index in [-0.39, 0.29) is 12.4 Å². The molecule has 1 aromatic heterocycles. The second kappa shape index (κ2) is 7.86. The first kappa shape index (κ1) is 18.3. The Morgan fingerprint density at radius 2 is 1.93 bits per heavy atom. The van der Waals surface area contributed by atoms with Gasteiger partial charge in [-0.25, -0.2) is 14.4 Å². The van der Waals surface area contributed by atoms with E-state index in [2.05, 4.69) is 15.3 Å². The van der Waals surface area contributed by atoms with E-state index in [1.807, 2.05) is 18.2 Å². The summed E-state index contributed by atoms with van der Waals surface area (Å²) in [5.41, 5.74) is 2.88. The van der Waals surface area contributed by atoms with Gasteiger partial charge in [0, 0.05) is 11.1 Å². The first-order chi connectivity index (χ1) is 13.6. The quantitative estimate of drug-likeness (QED) is 0.509. The lowest BCUT2D eigenvalue weighted by Crippen LogP contribution is -2.03. The molecule has 0 aliphatic rings. The Bertz CT molecular complexity index is 1160. The number of anilines is 2. The second-order valence-electron chi connectivity index (χ2n) is 6.19. The van der Waals surface area contributed by atoms with Crippen molar-refractivity contribution in [3.63, 3.8) is 0 Å². The van der Waals surface area contributed by atoms with Crippen LogP contribution in [0, 0.1) is 5.82 Å². The van der Waals surface area contributed by atoms with Crippen molar-refractivity contribution >= 4 is 47.3 Å². The number of hydrogen-bond donors (Lipinski definition) is 1. The van der Waals surface area contributed by atoms with Gasteiger partial charge in [0.05, 0.1) is 10.5 Å². The van der Waals surface area contributed by atoms with Crippen molar-refractivity contribution in [2.24, 2.45) is 0 Å². The van der Waals surface area contributed by atoms with Gasteiger partial charge in [0.25, 0.3) is 0 Å². The number of hydrogen-bond acceptors (Lipinski definition) is 4. The Hall–Kier alpha value is -3.12. The van der Waals surface area contributed by atoms with Crippen LogP contribution in [0.3, 0.4) is 0 Å².